The van der Waals surface area contributed by atoms with Crippen LogP contribution in [0.15, 0.2) is 17.5 Å². The van der Waals surface area contributed by atoms with Crippen LogP contribution in [0.5, 0.6) is 5.75 Å². The summed E-state index contributed by atoms with van der Waals surface area (Å²) in [5.74, 6) is 0.120. The normalized spacial score (nSPS) is 10.5. The molecular formula is C9H7NO2S. The van der Waals surface area contributed by atoms with Crippen molar-refractivity contribution in [2.45, 2.75) is 0 Å². The van der Waals surface area contributed by atoms with E-state index in [-0.39, 0.29) is 5.75 Å². The zero-order valence-corrected chi connectivity index (χ0v) is 7.47. The Labute approximate surface area is 78.4 Å². The van der Waals surface area contributed by atoms with E-state index in [2.05, 4.69) is 0 Å². The van der Waals surface area contributed by atoms with E-state index >= 15 is 0 Å². The SMILES string of the molecule is Nc1ccc(C=O)c2c(O)csc12. The Hall–Kier alpha value is -1.55. The van der Waals surface area contributed by atoms with E-state index in [1.54, 1.807) is 17.5 Å². The third kappa shape index (κ3) is 1.07. The van der Waals surface area contributed by atoms with Gasteiger partial charge in [-0.05, 0) is 12.1 Å². The van der Waals surface area contributed by atoms with Crippen LogP contribution in [0.25, 0.3) is 10.1 Å². The Bertz CT molecular complexity index is 476. The molecule has 1 heterocycles. The molecule has 66 valence electrons. The minimum atomic E-state index is 0.120. The number of rotatable bonds is 1. The van der Waals surface area contributed by atoms with E-state index in [0.717, 1.165) is 4.70 Å². The number of nitrogens with two attached hydrogens (primary N) is 1. The lowest BCUT2D eigenvalue weighted by molar-refractivity contribution is 0.112. The fourth-order valence-electron chi connectivity index (χ4n) is 1.28. The first-order valence-corrected chi connectivity index (χ1v) is 4.56. The number of fused-ring (bicyclic) bond motifs is 1. The summed E-state index contributed by atoms with van der Waals surface area (Å²) in [6, 6.07) is 3.28. The van der Waals surface area contributed by atoms with E-state index in [9.17, 15) is 9.90 Å². The Balaban J connectivity index is 2.96. The summed E-state index contributed by atoms with van der Waals surface area (Å²) in [6.07, 6.45) is 0.716. The monoisotopic (exact) mass is 193 g/mol. The molecule has 0 atom stereocenters. The summed E-state index contributed by atoms with van der Waals surface area (Å²) in [6.45, 7) is 0. The van der Waals surface area contributed by atoms with Crippen LogP contribution in [0.4, 0.5) is 5.69 Å². The summed E-state index contributed by atoms with van der Waals surface area (Å²) in [5.41, 5.74) is 6.74. The molecule has 0 radical (unpaired) electrons. The lowest BCUT2D eigenvalue weighted by Crippen LogP contribution is -1.87. The molecule has 0 aliphatic carbocycles. The fraction of sp³-hybridized carbons (Fsp3) is 0. The predicted molar refractivity (Wildman–Crippen MR) is 53.3 cm³/mol. The van der Waals surface area contributed by atoms with Gasteiger partial charge in [0.2, 0.25) is 0 Å². The van der Waals surface area contributed by atoms with E-state index in [1.807, 2.05) is 0 Å². The summed E-state index contributed by atoms with van der Waals surface area (Å²) < 4.78 is 0.766. The maximum absolute atomic E-state index is 10.6. The summed E-state index contributed by atoms with van der Waals surface area (Å²) >= 11 is 1.34. The zero-order valence-electron chi connectivity index (χ0n) is 6.65. The maximum atomic E-state index is 10.6. The smallest absolute Gasteiger partial charge is 0.150 e. The minimum Gasteiger partial charge on any atom is -0.506 e. The van der Waals surface area contributed by atoms with Gasteiger partial charge in [-0.25, -0.2) is 0 Å². The molecule has 0 aliphatic heterocycles. The number of anilines is 1. The van der Waals surface area contributed by atoms with Gasteiger partial charge in [-0.15, -0.1) is 11.3 Å². The van der Waals surface area contributed by atoms with Crippen molar-refractivity contribution in [2.24, 2.45) is 0 Å². The Morgan fingerprint density at radius 1 is 1.46 bits per heavy atom. The van der Waals surface area contributed by atoms with E-state index in [1.165, 1.54) is 11.3 Å². The standard InChI is InChI=1S/C9H7NO2S/c10-6-2-1-5(3-11)8-7(12)4-13-9(6)8/h1-4,12H,10H2. The van der Waals surface area contributed by atoms with Gasteiger partial charge in [-0.1, -0.05) is 0 Å². The van der Waals surface area contributed by atoms with Crippen LogP contribution in [-0.2, 0) is 0 Å². The Morgan fingerprint density at radius 3 is 2.92 bits per heavy atom. The molecule has 3 nitrogen and oxygen atoms in total. The number of nitrogen functional groups attached to an aromatic ring is 1. The second-order valence-corrected chi connectivity index (χ2v) is 3.57. The second kappa shape index (κ2) is 2.74. The fourth-order valence-corrected chi connectivity index (χ4v) is 2.17. The van der Waals surface area contributed by atoms with E-state index < -0.39 is 0 Å². The molecule has 3 N–H and O–H groups in total. The van der Waals surface area contributed by atoms with Crippen molar-refractivity contribution in [1.29, 1.82) is 0 Å². The first-order chi connectivity index (χ1) is 6.24. The van der Waals surface area contributed by atoms with Gasteiger partial charge in [-0.2, -0.15) is 0 Å². The number of benzene rings is 1. The molecule has 4 heteroatoms. The number of carbonyl (C=O) groups is 1. The first-order valence-electron chi connectivity index (χ1n) is 3.68. The summed E-state index contributed by atoms with van der Waals surface area (Å²) in [5, 5.41) is 11.6. The maximum Gasteiger partial charge on any atom is 0.150 e. The van der Waals surface area contributed by atoms with Crippen LogP contribution in [0.1, 0.15) is 10.4 Å². The Morgan fingerprint density at radius 2 is 2.23 bits per heavy atom. The zero-order chi connectivity index (χ0) is 9.42. The third-order valence-electron chi connectivity index (χ3n) is 1.89. The molecule has 0 saturated carbocycles. The lowest BCUT2D eigenvalue weighted by Gasteiger charge is -1.98. The van der Waals surface area contributed by atoms with Crippen molar-refractivity contribution >= 4 is 33.4 Å². The second-order valence-electron chi connectivity index (χ2n) is 2.69. The van der Waals surface area contributed by atoms with Gasteiger partial charge in [0.15, 0.2) is 6.29 Å². The van der Waals surface area contributed by atoms with E-state index in [0.29, 0.717) is 22.9 Å². The van der Waals surface area contributed by atoms with Gasteiger partial charge in [0.1, 0.15) is 5.75 Å². The molecule has 0 fully saturated rings. The molecule has 13 heavy (non-hydrogen) atoms. The highest BCUT2D eigenvalue weighted by Gasteiger charge is 2.09. The van der Waals surface area contributed by atoms with Gasteiger partial charge < -0.3 is 10.8 Å². The van der Waals surface area contributed by atoms with Gasteiger partial charge in [0, 0.05) is 22.0 Å². The summed E-state index contributed by atoms with van der Waals surface area (Å²) in [7, 11) is 0. The Kier molecular flexibility index (Phi) is 1.70. The molecule has 0 bridgehead atoms. The molecule has 0 unspecified atom stereocenters. The first kappa shape index (κ1) is 8.07. The molecule has 0 spiro atoms. The number of aldehydes is 1. The predicted octanol–water partition coefficient (Wildman–Crippen LogP) is 2.00. The van der Waals surface area contributed by atoms with Crippen molar-refractivity contribution in [1.82, 2.24) is 0 Å². The summed E-state index contributed by atoms with van der Waals surface area (Å²) in [4.78, 5) is 10.6. The average Bonchev–Trinajstić information content (AvgIpc) is 2.51. The molecule has 2 aromatic rings. The van der Waals surface area contributed by atoms with Gasteiger partial charge >= 0.3 is 0 Å². The van der Waals surface area contributed by atoms with Crippen LogP contribution >= 0.6 is 11.3 Å². The van der Waals surface area contributed by atoms with Crippen LogP contribution in [-0.4, -0.2) is 11.4 Å². The highest BCUT2D eigenvalue weighted by atomic mass is 32.1. The van der Waals surface area contributed by atoms with Gasteiger partial charge in [-0.3, -0.25) is 4.79 Å². The van der Waals surface area contributed by atoms with Crippen molar-refractivity contribution in [3.05, 3.63) is 23.1 Å². The van der Waals surface area contributed by atoms with Gasteiger partial charge in [0.25, 0.3) is 0 Å². The molecular weight excluding hydrogens is 186 g/mol. The molecule has 2 rings (SSSR count). The average molecular weight is 193 g/mol. The largest absolute Gasteiger partial charge is 0.506 e. The van der Waals surface area contributed by atoms with Crippen LogP contribution < -0.4 is 5.73 Å². The minimum absolute atomic E-state index is 0.120. The number of hydrogen-bond donors (Lipinski definition) is 2. The number of thiophene rings is 1. The third-order valence-corrected chi connectivity index (χ3v) is 2.91. The van der Waals surface area contributed by atoms with E-state index in [4.69, 9.17) is 5.73 Å². The van der Waals surface area contributed by atoms with Crippen molar-refractivity contribution in [3.63, 3.8) is 0 Å². The quantitative estimate of drug-likeness (QED) is 0.537. The number of carbonyl (C=O) groups excluding carboxylic acids is 1. The highest BCUT2D eigenvalue weighted by Crippen LogP contribution is 2.36. The number of aromatic hydroxyl groups is 1. The van der Waals surface area contributed by atoms with Crippen LogP contribution in [0.2, 0.25) is 0 Å². The lowest BCUT2D eigenvalue weighted by atomic mass is 10.1. The van der Waals surface area contributed by atoms with Crippen molar-refractivity contribution in [2.75, 3.05) is 5.73 Å². The number of hydrogen-bond acceptors (Lipinski definition) is 4. The molecule has 1 aromatic carbocycles. The van der Waals surface area contributed by atoms with Crippen LogP contribution in [0, 0.1) is 0 Å². The molecule has 0 amide bonds. The molecule has 0 saturated heterocycles. The van der Waals surface area contributed by atoms with Crippen molar-refractivity contribution < 1.29 is 9.90 Å². The highest BCUT2D eigenvalue weighted by molar-refractivity contribution is 7.18. The topological polar surface area (TPSA) is 63.3 Å². The molecule has 1 aromatic heterocycles. The van der Waals surface area contributed by atoms with Crippen molar-refractivity contribution in [3.8, 4) is 5.75 Å². The van der Waals surface area contributed by atoms with Crippen LogP contribution in [0.3, 0.4) is 0 Å². The van der Waals surface area contributed by atoms with Gasteiger partial charge in [0.05, 0.1) is 4.70 Å². The molecule has 0 aliphatic rings.